The Morgan fingerprint density at radius 2 is 2.36 bits per heavy atom. The summed E-state index contributed by atoms with van der Waals surface area (Å²) in [7, 11) is 0. The van der Waals surface area contributed by atoms with E-state index in [4.69, 9.17) is 0 Å². The number of anilines is 1. The fraction of sp³-hybridized carbons (Fsp3) is 0.444. The van der Waals surface area contributed by atoms with Crippen molar-refractivity contribution in [1.82, 2.24) is 4.98 Å². The molecule has 1 heterocycles. The predicted molar refractivity (Wildman–Crippen MR) is 46.6 cm³/mol. The molecule has 0 spiro atoms. The highest BCUT2D eigenvalue weighted by Crippen LogP contribution is 2.12. The van der Waals surface area contributed by atoms with E-state index in [1.807, 2.05) is 6.07 Å². The molecule has 2 heteroatoms. The second-order valence-corrected chi connectivity index (χ2v) is 2.33. The molecule has 0 aliphatic carbocycles. The van der Waals surface area contributed by atoms with Gasteiger partial charge < -0.3 is 5.32 Å². The van der Waals surface area contributed by atoms with E-state index in [1.54, 1.807) is 6.20 Å². The number of nitrogens with one attached hydrogen (secondary N) is 1. The minimum Gasteiger partial charge on any atom is -0.385 e. The predicted octanol–water partition coefficient (Wildman–Crippen LogP) is 1.88. The van der Waals surface area contributed by atoms with E-state index < -0.39 is 0 Å². The second kappa shape index (κ2) is 3.96. The van der Waals surface area contributed by atoms with Crippen LogP contribution in [0.25, 0.3) is 0 Å². The summed E-state index contributed by atoms with van der Waals surface area (Å²) in [5.74, 6) is 0. The summed E-state index contributed by atoms with van der Waals surface area (Å²) in [6, 6.07) is 1.98. The Morgan fingerprint density at radius 3 is 3.00 bits per heavy atom. The molecule has 0 unspecified atom stereocenters. The SMILES string of the molecule is CCNc1ccn[c]c1CC. The quantitative estimate of drug-likeness (QED) is 0.709. The van der Waals surface area contributed by atoms with Crippen molar-refractivity contribution in [3.8, 4) is 0 Å². The van der Waals surface area contributed by atoms with Crippen LogP contribution < -0.4 is 5.32 Å². The van der Waals surface area contributed by atoms with Crippen molar-refractivity contribution < 1.29 is 0 Å². The Hall–Kier alpha value is -1.05. The lowest BCUT2D eigenvalue weighted by molar-refractivity contribution is 1.08. The third kappa shape index (κ3) is 1.93. The third-order valence-corrected chi connectivity index (χ3v) is 1.56. The molecular formula is C9H13N2. The third-order valence-electron chi connectivity index (χ3n) is 1.56. The van der Waals surface area contributed by atoms with Gasteiger partial charge in [-0.1, -0.05) is 6.92 Å². The number of rotatable bonds is 3. The van der Waals surface area contributed by atoms with Crippen LogP contribution in [0, 0.1) is 6.20 Å². The lowest BCUT2D eigenvalue weighted by atomic mass is 10.2. The van der Waals surface area contributed by atoms with Gasteiger partial charge in [-0.15, -0.1) is 0 Å². The molecule has 1 rings (SSSR count). The van der Waals surface area contributed by atoms with Crippen molar-refractivity contribution in [2.24, 2.45) is 0 Å². The first-order valence-corrected chi connectivity index (χ1v) is 3.98. The van der Waals surface area contributed by atoms with Crippen LogP contribution in [0.5, 0.6) is 0 Å². The molecule has 1 N–H and O–H groups in total. The number of hydrogen-bond donors (Lipinski definition) is 1. The number of pyridine rings is 1. The van der Waals surface area contributed by atoms with E-state index in [0.717, 1.165) is 24.2 Å². The van der Waals surface area contributed by atoms with Crippen LogP contribution in [0.3, 0.4) is 0 Å². The molecule has 0 aliphatic rings. The minimum absolute atomic E-state index is 0.949. The van der Waals surface area contributed by atoms with Crippen molar-refractivity contribution in [2.75, 3.05) is 11.9 Å². The summed E-state index contributed by atoms with van der Waals surface area (Å²) in [4.78, 5) is 3.93. The number of aromatic nitrogens is 1. The van der Waals surface area contributed by atoms with Gasteiger partial charge in [-0.05, 0) is 19.4 Å². The van der Waals surface area contributed by atoms with Gasteiger partial charge in [0.25, 0.3) is 0 Å². The van der Waals surface area contributed by atoms with E-state index in [-0.39, 0.29) is 0 Å². The van der Waals surface area contributed by atoms with Gasteiger partial charge >= 0.3 is 0 Å². The van der Waals surface area contributed by atoms with Gasteiger partial charge in [0.2, 0.25) is 0 Å². The van der Waals surface area contributed by atoms with Crippen LogP contribution in [0.1, 0.15) is 19.4 Å². The lowest BCUT2D eigenvalue weighted by Crippen LogP contribution is -2.00. The second-order valence-electron chi connectivity index (χ2n) is 2.33. The molecule has 0 saturated carbocycles. The van der Waals surface area contributed by atoms with Crippen molar-refractivity contribution >= 4 is 5.69 Å². The number of aryl methyl sites for hydroxylation is 1. The van der Waals surface area contributed by atoms with E-state index in [2.05, 4.69) is 30.3 Å². The summed E-state index contributed by atoms with van der Waals surface area (Å²) < 4.78 is 0. The molecular weight excluding hydrogens is 136 g/mol. The smallest absolute Gasteiger partial charge is 0.0942 e. The van der Waals surface area contributed by atoms with Gasteiger partial charge in [-0.3, -0.25) is 4.98 Å². The molecule has 0 aromatic carbocycles. The maximum Gasteiger partial charge on any atom is 0.0942 e. The summed E-state index contributed by atoms with van der Waals surface area (Å²) >= 11 is 0. The molecule has 2 nitrogen and oxygen atoms in total. The monoisotopic (exact) mass is 149 g/mol. The minimum atomic E-state index is 0.949. The van der Waals surface area contributed by atoms with Crippen molar-refractivity contribution in [1.29, 1.82) is 0 Å². The molecule has 1 aromatic rings. The fourth-order valence-corrected chi connectivity index (χ4v) is 1.01. The van der Waals surface area contributed by atoms with E-state index in [9.17, 15) is 0 Å². The van der Waals surface area contributed by atoms with E-state index in [1.165, 1.54) is 0 Å². The molecule has 0 fully saturated rings. The topological polar surface area (TPSA) is 24.9 Å². The van der Waals surface area contributed by atoms with Gasteiger partial charge in [0.05, 0.1) is 6.20 Å². The summed E-state index contributed by atoms with van der Waals surface area (Å²) in [5.41, 5.74) is 2.32. The molecule has 1 radical (unpaired) electrons. The average Bonchev–Trinajstić information content (AvgIpc) is 2.06. The molecule has 0 atom stereocenters. The van der Waals surface area contributed by atoms with Crippen molar-refractivity contribution in [2.45, 2.75) is 20.3 Å². The normalized spacial score (nSPS) is 9.64. The van der Waals surface area contributed by atoms with Crippen LogP contribution in [-0.2, 0) is 6.42 Å². The Labute approximate surface area is 67.7 Å². The summed E-state index contributed by atoms with van der Waals surface area (Å²) in [5, 5.41) is 3.26. The Kier molecular flexibility index (Phi) is 2.90. The highest BCUT2D eigenvalue weighted by Gasteiger charge is 1.96. The zero-order valence-corrected chi connectivity index (χ0v) is 7.02. The van der Waals surface area contributed by atoms with Crippen LogP contribution in [0.4, 0.5) is 5.69 Å². The molecule has 1 aromatic heterocycles. The summed E-state index contributed by atoms with van der Waals surface area (Å²) in [6.45, 7) is 5.14. The van der Waals surface area contributed by atoms with Gasteiger partial charge in [0.1, 0.15) is 0 Å². The van der Waals surface area contributed by atoms with Crippen molar-refractivity contribution in [3.05, 3.63) is 24.0 Å². The van der Waals surface area contributed by atoms with Crippen LogP contribution in [0.15, 0.2) is 12.3 Å². The van der Waals surface area contributed by atoms with Gasteiger partial charge in [0.15, 0.2) is 0 Å². The molecule has 59 valence electrons. The average molecular weight is 149 g/mol. The molecule has 0 aliphatic heterocycles. The van der Waals surface area contributed by atoms with Crippen molar-refractivity contribution in [3.63, 3.8) is 0 Å². The lowest BCUT2D eigenvalue weighted by Gasteiger charge is -2.06. The Bertz CT molecular complexity index is 221. The molecule has 0 saturated heterocycles. The fourth-order valence-electron chi connectivity index (χ4n) is 1.01. The molecule has 0 amide bonds. The first-order valence-electron chi connectivity index (χ1n) is 3.98. The highest BCUT2D eigenvalue weighted by atomic mass is 14.9. The van der Waals surface area contributed by atoms with Crippen LogP contribution >= 0.6 is 0 Å². The zero-order valence-electron chi connectivity index (χ0n) is 7.02. The standard InChI is InChI=1S/C9H13N2/c1-3-8-7-10-6-5-9(8)11-4-2/h5-6H,3-4H2,1-2H3,(H,10,11). The van der Waals surface area contributed by atoms with Gasteiger partial charge in [0, 0.05) is 24.0 Å². The van der Waals surface area contributed by atoms with Crippen LogP contribution in [0.2, 0.25) is 0 Å². The largest absolute Gasteiger partial charge is 0.385 e. The maximum absolute atomic E-state index is 3.93. The first kappa shape index (κ1) is 8.05. The van der Waals surface area contributed by atoms with Gasteiger partial charge in [-0.25, -0.2) is 0 Å². The van der Waals surface area contributed by atoms with Gasteiger partial charge in [-0.2, -0.15) is 0 Å². The van der Waals surface area contributed by atoms with Crippen LogP contribution in [-0.4, -0.2) is 11.5 Å². The maximum atomic E-state index is 3.93. The Balaban J connectivity index is 2.83. The first-order chi connectivity index (χ1) is 5.38. The summed E-state index contributed by atoms with van der Waals surface area (Å²) in [6.07, 6.45) is 5.70. The number of nitrogens with zero attached hydrogens (tertiary/aromatic N) is 1. The number of hydrogen-bond acceptors (Lipinski definition) is 2. The highest BCUT2D eigenvalue weighted by molar-refractivity contribution is 5.48. The van der Waals surface area contributed by atoms with E-state index in [0.29, 0.717) is 0 Å². The zero-order chi connectivity index (χ0) is 8.10. The Morgan fingerprint density at radius 1 is 1.55 bits per heavy atom. The molecule has 0 bridgehead atoms. The van der Waals surface area contributed by atoms with E-state index >= 15 is 0 Å². The molecule has 11 heavy (non-hydrogen) atoms.